The molecule has 0 spiro atoms. The van der Waals surface area contributed by atoms with Crippen molar-refractivity contribution in [3.05, 3.63) is 23.5 Å². The quantitative estimate of drug-likeness (QED) is 0.869. The molecule has 0 unspecified atom stereocenters. The van der Waals surface area contributed by atoms with Gasteiger partial charge in [0.05, 0.1) is 12.5 Å². The Morgan fingerprint density at radius 1 is 1.39 bits per heavy atom. The van der Waals surface area contributed by atoms with Crippen LogP contribution in [0.25, 0.3) is 0 Å². The summed E-state index contributed by atoms with van der Waals surface area (Å²) in [6, 6.07) is 2.21. The van der Waals surface area contributed by atoms with Gasteiger partial charge in [-0.25, -0.2) is 4.39 Å². The number of carboxylic acids is 1. The number of carboxylic acid groups (broad SMARTS) is 1. The van der Waals surface area contributed by atoms with Gasteiger partial charge < -0.3 is 14.9 Å². The van der Waals surface area contributed by atoms with Crippen molar-refractivity contribution in [2.45, 2.75) is 31.1 Å². The Bertz CT molecular complexity index is 478. The van der Waals surface area contributed by atoms with Gasteiger partial charge in [0.25, 0.3) is 0 Å². The van der Waals surface area contributed by atoms with E-state index in [0.29, 0.717) is 12.8 Å². The van der Waals surface area contributed by atoms with Gasteiger partial charge in [0, 0.05) is 11.6 Å². The Balaban J connectivity index is 2.56. The Morgan fingerprint density at radius 2 is 2.00 bits per heavy atom. The van der Waals surface area contributed by atoms with Crippen molar-refractivity contribution in [2.75, 3.05) is 7.11 Å². The van der Waals surface area contributed by atoms with Crippen LogP contribution < -0.4 is 4.74 Å². The van der Waals surface area contributed by atoms with Crippen molar-refractivity contribution in [1.82, 2.24) is 0 Å². The molecule has 0 aliphatic heterocycles. The SMILES string of the molecule is COc1cc(O)c(C2(C(=O)O)CCCC2)cc1F. The number of phenolic OH excluding ortho intramolecular Hbond substituents is 1. The molecule has 1 aliphatic carbocycles. The molecule has 0 aromatic heterocycles. The van der Waals surface area contributed by atoms with Gasteiger partial charge in [0.2, 0.25) is 0 Å². The first-order chi connectivity index (χ1) is 8.51. The Kier molecular flexibility index (Phi) is 3.15. The topological polar surface area (TPSA) is 66.8 Å². The van der Waals surface area contributed by atoms with E-state index in [-0.39, 0.29) is 17.1 Å². The lowest BCUT2D eigenvalue weighted by atomic mass is 9.78. The van der Waals surface area contributed by atoms with Gasteiger partial charge in [-0.3, -0.25) is 4.79 Å². The lowest BCUT2D eigenvalue weighted by molar-refractivity contribution is -0.143. The molecule has 1 aliphatic rings. The standard InChI is InChI=1S/C13H15FO4/c1-18-11-7-10(15)8(6-9(11)14)13(12(16)17)4-2-3-5-13/h6-7,15H,2-5H2,1H3,(H,16,17). The fraction of sp³-hybridized carbons (Fsp3) is 0.462. The van der Waals surface area contributed by atoms with E-state index in [2.05, 4.69) is 0 Å². The molecule has 2 N–H and O–H groups in total. The van der Waals surface area contributed by atoms with Gasteiger partial charge in [-0.1, -0.05) is 12.8 Å². The number of halogens is 1. The molecule has 98 valence electrons. The first-order valence-electron chi connectivity index (χ1n) is 5.81. The van der Waals surface area contributed by atoms with Crippen LogP contribution in [0, 0.1) is 5.82 Å². The van der Waals surface area contributed by atoms with E-state index in [0.717, 1.165) is 25.0 Å². The van der Waals surface area contributed by atoms with E-state index < -0.39 is 17.2 Å². The van der Waals surface area contributed by atoms with Gasteiger partial charge in [0.1, 0.15) is 5.75 Å². The van der Waals surface area contributed by atoms with E-state index in [1.165, 1.54) is 7.11 Å². The largest absolute Gasteiger partial charge is 0.507 e. The number of hydrogen-bond donors (Lipinski definition) is 2. The molecule has 18 heavy (non-hydrogen) atoms. The average Bonchev–Trinajstić information content (AvgIpc) is 2.82. The summed E-state index contributed by atoms with van der Waals surface area (Å²) < 4.78 is 18.4. The second kappa shape index (κ2) is 4.48. The number of phenols is 1. The van der Waals surface area contributed by atoms with Crippen molar-refractivity contribution in [1.29, 1.82) is 0 Å². The van der Waals surface area contributed by atoms with Crippen molar-refractivity contribution in [3.63, 3.8) is 0 Å². The number of aromatic hydroxyl groups is 1. The highest BCUT2D eigenvalue weighted by atomic mass is 19.1. The molecular formula is C13H15FO4. The molecule has 1 saturated carbocycles. The maximum atomic E-state index is 13.7. The zero-order chi connectivity index (χ0) is 13.3. The Morgan fingerprint density at radius 3 is 2.50 bits per heavy atom. The zero-order valence-corrected chi connectivity index (χ0v) is 10.1. The summed E-state index contributed by atoms with van der Waals surface area (Å²) in [7, 11) is 1.29. The van der Waals surface area contributed by atoms with Crippen molar-refractivity contribution < 1.29 is 24.1 Å². The molecule has 0 heterocycles. The molecule has 1 aromatic rings. The van der Waals surface area contributed by atoms with Crippen LogP contribution in [0.4, 0.5) is 4.39 Å². The third-order valence-corrected chi connectivity index (χ3v) is 3.65. The predicted octanol–water partition coefficient (Wildman–Crippen LogP) is 2.44. The molecule has 5 heteroatoms. The molecule has 1 fully saturated rings. The highest BCUT2D eigenvalue weighted by Gasteiger charge is 2.45. The highest BCUT2D eigenvalue weighted by Crippen LogP contribution is 2.46. The first-order valence-corrected chi connectivity index (χ1v) is 5.81. The summed E-state index contributed by atoms with van der Waals surface area (Å²) in [5.41, 5.74) is -1.03. The van der Waals surface area contributed by atoms with E-state index in [1.807, 2.05) is 0 Å². The number of ether oxygens (including phenoxy) is 1. The van der Waals surface area contributed by atoms with E-state index in [1.54, 1.807) is 0 Å². The van der Waals surface area contributed by atoms with Crippen LogP contribution in [0.5, 0.6) is 11.5 Å². The Hall–Kier alpha value is -1.78. The molecule has 2 rings (SSSR count). The molecule has 0 radical (unpaired) electrons. The first kappa shape index (κ1) is 12.7. The minimum atomic E-state index is -1.17. The van der Waals surface area contributed by atoms with Gasteiger partial charge in [0.15, 0.2) is 11.6 Å². The predicted molar refractivity (Wildman–Crippen MR) is 62.4 cm³/mol. The van der Waals surface area contributed by atoms with Crippen LogP contribution in [0.3, 0.4) is 0 Å². The molecule has 4 nitrogen and oxygen atoms in total. The average molecular weight is 254 g/mol. The molecular weight excluding hydrogens is 239 g/mol. The minimum Gasteiger partial charge on any atom is -0.507 e. The molecule has 0 saturated heterocycles. The van der Waals surface area contributed by atoms with Crippen LogP contribution in [0.1, 0.15) is 31.2 Å². The summed E-state index contributed by atoms with van der Waals surface area (Å²) in [5, 5.41) is 19.3. The number of aliphatic carboxylic acids is 1. The highest BCUT2D eigenvalue weighted by molar-refractivity contribution is 5.83. The maximum absolute atomic E-state index is 13.7. The van der Waals surface area contributed by atoms with Crippen LogP contribution >= 0.6 is 0 Å². The monoisotopic (exact) mass is 254 g/mol. The van der Waals surface area contributed by atoms with Crippen molar-refractivity contribution in [3.8, 4) is 11.5 Å². The zero-order valence-electron chi connectivity index (χ0n) is 10.1. The molecule has 0 amide bonds. The van der Waals surface area contributed by atoms with Crippen LogP contribution in [0.15, 0.2) is 12.1 Å². The fourth-order valence-electron chi connectivity index (χ4n) is 2.66. The summed E-state index contributed by atoms with van der Waals surface area (Å²) in [6.45, 7) is 0. The number of carbonyl (C=O) groups is 1. The van der Waals surface area contributed by atoms with Crippen LogP contribution in [-0.2, 0) is 10.2 Å². The number of rotatable bonds is 3. The fourth-order valence-corrected chi connectivity index (χ4v) is 2.66. The molecule has 1 aromatic carbocycles. The Labute approximate surface area is 104 Å². The van der Waals surface area contributed by atoms with Gasteiger partial charge in [-0.05, 0) is 18.9 Å². The van der Waals surface area contributed by atoms with Gasteiger partial charge in [-0.2, -0.15) is 0 Å². The summed E-state index contributed by atoms with van der Waals surface area (Å²) in [4.78, 5) is 11.5. The molecule has 0 bridgehead atoms. The van der Waals surface area contributed by atoms with Crippen LogP contribution in [-0.4, -0.2) is 23.3 Å². The van der Waals surface area contributed by atoms with Gasteiger partial charge in [-0.15, -0.1) is 0 Å². The minimum absolute atomic E-state index is 0.0882. The number of benzene rings is 1. The smallest absolute Gasteiger partial charge is 0.314 e. The maximum Gasteiger partial charge on any atom is 0.314 e. The molecule has 0 atom stereocenters. The summed E-state index contributed by atoms with van der Waals surface area (Å²) >= 11 is 0. The lowest BCUT2D eigenvalue weighted by Gasteiger charge is -2.25. The lowest BCUT2D eigenvalue weighted by Crippen LogP contribution is -2.32. The third kappa shape index (κ3) is 1.79. The van der Waals surface area contributed by atoms with Crippen molar-refractivity contribution >= 4 is 5.97 Å². The number of methoxy groups -OCH3 is 1. The van der Waals surface area contributed by atoms with E-state index in [4.69, 9.17) is 4.74 Å². The van der Waals surface area contributed by atoms with E-state index in [9.17, 15) is 19.4 Å². The second-order valence-electron chi connectivity index (χ2n) is 4.60. The second-order valence-corrected chi connectivity index (χ2v) is 4.60. The number of hydrogen-bond acceptors (Lipinski definition) is 3. The summed E-state index contributed by atoms with van der Waals surface area (Å²) in [6.07, 6.45) is 2.36. The van der Waals surface area contributed by atoms with Crippen molar-refractivity contribution in [2.24, 2.45) is 0 Å². The van der Waals surface area contributed by atoms with Crippen LogP contribution in [0.2, 0.25) is 0 Å². The summed E-state index contributed by atoms with van der Waals surface area (Å²) in [5.74, 6) is -1.98. The normalized spacial score (nSPS) is 17.7. The third-order valence-electron chi connectivity index (χ3n) is 3.65. The van der Waals surface area contributed by atoms with Gasteiger partial charge >= 0.3 is 5.97 Å². The van der Waals surface area contributed by atoms with E-state index >= 15 is 0 Å².